The topological polar surface area (TPSA) is 50.4 Å². The van der Waals surface area contributed by atoms with Gasteiger partial charge in [0.25, 0.3) is 0 Å². The molecule has 0 saturated carbocycles. The lowest BCUT2D eigenvalue weighted by atomic mass is 9.95. The standard InChI is InChI=1S/C13H24N2O2.ClH/c1-10-9-14-6-5-12(10)15-13(16)8-11-4-2-3-7-17-11;/h10-12,14H,2-9H2,1H3,(H,15,16);1H. The first-order valence-electron chi connectivity index (χ1n) is 6.87. The van der Waals surface area contributed by atoms with Crippen LogP contribution in [-0.2, 0) is 9.53 Å². The third-order valence-electron chi connectivity index (χ3n) is 3.82. The first kappa shape index (κ1) is 15.7. The van der Waals surface area contributed by atoms with Gasteiger partial charge in [0, 0.05) is 12.6 Å². The second-order valence-electron chi connectivity index (χ2n) is 5.34. The van der Waals surface area contributed by atoms with Gasteiger partial charge in [-0.1, -0.05) is 6.92 Å². The van der Waals surface area contributed by atoms with Gasteiger partial charge in [-0.3, -0.25) is 4.79 Å². The molecule has 2 aliphatic rings. The SMILES string of the molecule is CC1CNCCC1NC(=O)CC1CCCCO1.Cl. The molecule has 2 saturated heterocycles. The molecule has 18 heavy (non-hydrogen) atoms. The quantitative estimate of drug-likeness (QED) is 0.821. The maximum Gasteiger partial charge on any atom is 0.222 e. The Kier molecular flexibility index (Phi) is 6.97. The van der Waals surface area contributed by atoms with Crippen LogP contribution < -0.4 is 10.6 Å². The highest BCUT2D eigenvalue weighted by Crippen LogP contribution is 2.16. The zero-order chi connectivity index (χ0) is 12.1. The molecule has 2 rings (SSSR count). The van der Waals surface area contributed by atoms with Crippen molar-refractivity contribution in [3.05, 3.63) is 0 Å². The van der Waals surface area contributed by atoms with Crippen molar-refractivity contribution < 1.29 is 9.53 Å². The van der Waals surface area contributed by atoms with Crippen molar-refractivity contribution in [2.45, 2.75) is 51.2 Å². The van der Waals surface area contributed by atoms with Gasteiger partial charge in [-0.25, -0.2) is 0 Å². The van der Waals surface area contributed by atoms with Crippen molar-refractivity contribution in [3.63, 3.8) is 0 Å². The Bertz CT molecular complexity index is 257. The van der Waals surface area contributed by atoms with Gasteiger partial charge < -0.3 is 15.4 Å². The van der Waals surface area contributed by atoms with Crippen LogP contribution in [0.5, 0.6) is 0 Å². The summed E-state index contributed by atoms with van der Waals surface area (Å²) in [5.41, 5.74) is 0. The molecule has 2 N–H and O–H groups in total. The van der Waals surface area contributed by atoms with Crippen LogP contribution in [0.2, 0.25) is 0 Å². The Hall–Kier alpha value is -0.320. The molecule has 0 radical (unpaired) electrons. The van der Waals surface area contributed by atoms with Gasteiger partial charge in [0.1, 0.15) is 0 Å². The highest BCUT2D eigenvalue weighted by Gasteiger charge is 2.24. The summed E-state index contributed by atoms with van der Waals surface area (Å²) < 4.78 is 5.59. The lowest BCUT2D eigenvalue weighted by Gasteiger charge is -2.31. The molecule has 0 spiro atoms. The molecule has 0 aromatic carbocycles. The molecule has 0 aromatic rings. The number of hydrogen-bond acceptors (Lipinski definition) is 3. The smallest absolute Gasteiger partial charge is 0.222 e. The minimum absolute atomic E-state index is 0. The lowest BCUT2D eigenvalue weighted by Crippen LogP contribution is -2.49. The zero-order valence-electron chi connectivity index (χ0n) is 11.1. The number of hydrogen-bond donors (Lipinski definition) is 2. The molecule has 1 amide bonds. The third-order valence-corrected chi connectivity index (χ3v) is 3.82. The molecule has 106 valence electrons. The van der Waals surface area contributed by atoms with E-state index in [1.165, 1.54) is 6.42 Å². The second kappa shape index (κ2) is 7.97. The number of nitrogens with one attached hydrogen (secondary N) is 2. The highest BCUT2D eigenvalue weighted by molar-refractivity contribution is 5.85. The molecule has 4 nitrogen and oxygen atoms in total. The summed E-state index contributed by atoms with van der Waals surface area (Å²) in [4.78, 5) is 11.9. The first-order chi connectivity index (χ1) is 8.25. The third kappa shape index (κ3) is 4.75. The minimum Gasteiger partial charge on any atom is -0.378 e. The molecular weight excluding hydrogens is 252 g/mol. The number of carbonyl (C=O) groups excluding carboxylic acids is 1. The Morgan fingerprint density at radius 2 is 2.22 bits per heavy atom. The molecule has 3 atom stereocenters. The van der Waals surface area contributed by atoms with Gasteiger partial charge in [0.05, 0.1) is 12.5 Å². The second-order valence-corrected chi connectivity index (χ2v) is 5.34. The summed E-state index contributed by atoms with van der Waals surface area (Å²) >= 11 is 0. The van der Waals surface area contributed by atoms with Crippen LogP contribution >= 0.6 is 12.4 Å². The molecule has 3 unspecified atom stereocenters. The summed E-state index contributed by atoms with van der Waals surface area (Å²) in [6.07, 6.45) is 5.11. The minimum atomic E-state index is 0. The fourth-order valence-corrected chi connectivity index (χ4v) is 2.67. The van der Waals surface area contributed by atoms with Gasteiger partial charge in [-0.05, 0) is 44.7 Å². The van der Waals surface area contributed by atoms with E-state index in [1.54, 1.807) is 0 Å². The monoisotopic (exact) mass is 276 g/mol. The maximum atomic E-state index is 11.9. The number of rotatable bonds is 3. The van der Waals surface area contributed by atoms with E-state index in [9.17, 15) is 4.79 Å². The molecule has 0 bridgehead atoms. The van der Waals surface area contributed by atoms with Crippen LogP contribution in [-0.4, -0.2) is 37.7 Å². The summed E-state index contributed by atoms with van der Waals surface area (Å²) in [5, 5.41) is 6.50. The summed E-state index contributed by atoms with van der Waals surface area (Å²) in [6.45, 7) is 5.02. The fraction of sp³-hybridized carbons (Fsp3) is 0.923. The van der Waals surface area contributed by atoms with E-state index in [2.05, 4.69) is 17.6 Å². The van der Waals surface area contributed by atoms with Crippen molar-refractivity contribution in [3.8, 4) is 0 Å². The molecular formula is C13H25ClN2O2. The average Bonchev–Trinajstić information content (AvgIpc) is 2.33. The number of amides is 1. The van der Waals surface area contributed by atoms with E-state index >= 15 is 0 Å². The van der Waals surface area contributed by atoms with Crippen LogP contribution in [0.25, 0.3) is 0 Å². The van der Waals surface area contributed by atoms with E-state index in [0.29, 0.717) is 18.4 Å². The van der Waals surface area contributed by atoms with Crippen molar-refractivity contribution in [2.75, 3.05) is 19.7 Å². The van der Waals surface area contributed by atoms with E-state index in [-0.39, 0.29) is 24.4 Å². The van der Waals surface area contributed by atoms with Crippen LogP contribution in [0, 0.1) is 5.92 Å². The first-order valence-corrected chi connectivity index (χ1v) is 6.87. The van der Waals surface area contributed by atoms with Crippen molar-refractivity contribution >= 4 is 18.3 Å². The fourth-order valence-electron chi connectivity index (χ4n) is 2.67. The summed E-state index contributed by atoms with van der Waals surface area (Å²) in [5.74, 6) is 0.690. The Morgan fingerprint density at radius 1 is 1.39 bits per heavy atom. The Morgan fingerprint density at radius 3 is 2.89 bits per heavy atom. The van der Waals surface area contributed by atoms with Gasteiger partial charge >= 0.3 is 0 Å². The van der Waals surface area contributed by atoms with Crippen LogP contribution in [0.1, 0.15) is 39.0 Å². The summed E-state index contributed by atoms with van der Waals surface area (Å²) in [6, 6.07) is 0.340. The van der Waals surface area contributed by atoms with E-state index < -0.39 is 0 Å². The average molecular weight is 277 g/mol. The number of carbonyl (C=O) groups is 1. The maximum absolute atomic E-state index is 11.9. The normalized spacial score (nSPS) is 32.4. The van der Waals surface area contributed by atoms with Crippen molar-refractivity contribution in [1.29, 1.82) is 0 Å². The van der Waals surface area contributed by atoms with E-state index in [4.69, 9.17) is 4.74 Å². The molecule has 2 aliphatic heterocycles. The van der Waals surface area contributed by atoms with Crippen molar-refractivity contribution in [2.24, 2.45) is 5.92 Å². The predicted molar refractivity (Wildman–Crippen MR) is 74.0 cm³/mol. The molecule has 0 aromatic heterocycles. The van der Waals surface area contributed by atoms with Crippen LogP contribution in [0.3, 0.4) is 0 Å². The predicted octanol–water partition coefficient (Wildman–Crippen LogP) is 1.48. The van der Waals surface area contributed by atoms with E-state index in [0.717, 1.165) is 39.0 Å². The number of piperidine rings is 1. The largest absolute Gasteiger partial charge is 0.378 e. The Labute approximate surface area is 116 Å². The van der Waals surface area contributed by atoms with Crippen LogP contribution in [0.15, 0.2) is 0 Å². The molecule has 2 heterocycles. The van der Waals surface area contributed by atoms with Gasteiger partial charge in [0.15, 0.2) is 0 Å². The number of halogens is 1. The van der Waals surface area contributed by atoms with Crippen molar-refractivity contribution in [1.82, 2.24) is 10.6 Å². The van der Waals surface area contributed by atoms with E-state index in [1.807, 2.05) is 0 Å². The van der Waals surface area contributed by atoms with Gasteiger partial charge in [-0.15, -0.1) is 12.4 Å². The molecule has 0 aliphatic carbocycles. The molecule has 2 fully saturated rings. The van der Waals surface area contributed by atoms with Gasteiger partial charge in [0.2, 0.25) is 5.91 Å². The number of ether oxygens (including phenoxy) is 1. The lowest BCUT2D eigenvalue weighted by molar-refractivity contribution is -0.126. The Balaban J connectivity index is 0.00000162. The molecule has 5 heteroatoms. The zero-order valence-corrected chi connectivity index (χ0v) is 11.9. The highest BCUT2D eigenvalue weighted by atomic mass is 35.5. The van der Waals surface area contributed by atoms with Crippen LogP contribution in [0.4, 0.5) is 0 Å². The van der Waals surface area contributed by atoms with Gasteiger partial charge in [-0.2, -0.15) is 0 Å². The summed E-state index contributed by atoms with van der Waals surface area (Å²) in [7, 11) is 0.